The predicted octanol–water partition coefficient (Wildman–Crippen LogP) is 4.75. The Hall–Kier alpha value is -1.38. The molecule has 0 spiro atoms. The molecule has 0 bridgehead atoms. The van der Waals surface area contributed by atoms with E-state index in [1.165, 1.54) is 12.1 Å². The minimum atomic E-state index is -0.286. The summed E-state index contributed by atoms with van der Waals surface area (Å²) in [6.07, 6.45) is 0. The molecule has 1 aromatic carbocycles. The zero-order valence-corrected chi connectivity index (χ0v) is 10.3. The van der Waals surface area contributed by atoms with E-state index < -0.39 is 0 Å². The molecule has 0 atom stereocenters. The molecular weight excluding hydrogens is 260 g/mol. The van der Waals surface area contributed by atoms with Crippen LogP contribution in [0.2, 0.25) is 5.15 Å². The number of rotatable bonds is 2. The maximum atomic E-state index is 12.8. The van der Waals surface area contributed by atoms with E-state index >= 15 is 0 Å². The predicted molar refractivity (Wildman–Crippen MR) is 69.5 cm³/mol. The van der Waals surface area contributed by atoms with Gasteiger partial charge in [-0.1, -0.05) is 29.8 Å². The van der Waals surface area contributed by atoms with Crippen LogP contribution < -0.4 is 0 Å². The van der Waals surface area contributed by atoms with Crippen molar-refractivity contribution in [3.8, 4) is 11.3 Å². The summed E-state index contributed by atoms with van der Waals surface area (Å²) in [7, 11) is 0. The number of nitrogens with zero attached hydrogens (tertiary/aromatic N) is 1. The molecule has 1 aromatic heterocycles. The van der Waals surface area contributed by atoms with Crippen molar-refractivity contribution in [3.05, 3.63) is 59.5 Å². The fraction of sp³-hybridized carbons (Fsp3) is 0. The Labute approximate surface area is 109 Å². The van der Waals surface area contributed by atoms with Crippen molar-refractivity contribution in [3.63, 3.8) is 0 Å². The van der Waals surface area contributed by atoms with Gasteiger partial charge in [0, 0.05) is 16.2 Å². The normalized spacial score (nSPS) is 10.3. The van der Waals surface area contributed by atoms with Crippen LogP contribution >= 0.6 is 23.2 Å². The van der Waals surface area contributed by atoms with E-state index in [-0.39, 0.29) is 11.0 Å². The van der Waals surface area contributed by atoms with E-state index in [0.29, 0.717) is 16.3 Å². The van der Waals surface area contributed by atoms with Crippen LogP contribution in [0.25, 0.3) is 16.3 Å². The van der Waals surface area contributed by atoms with Gasteiger partial charge >= 0.3 is 0 Å². The van der Waals surface area contributed by atoms with E-state index in [1.807, 2.05) is 0 Å². The van der Waals surface area contributed by atoms with Crippen molar-refractivity contribution >= 4 is 28.2 Å². The fourth-order valence-electron chi connectivity index (χ4n) is 1.42. The Bertz CT molecular complexity index is 564. The van der Waals surface area contributed by atoms with Crippen molar-refractivity contribution in [2.75, 3.05) is 0 Å². The van der Waals surface area contributed by atoms with Crippen LogP contribution in [-0.2, 0) is 0 Å². The van der Waals surface area contributed by atoms with E-state index in [4.69, 9.17) is 23.2 Å². The summed E-state index contributed by atoms with van der Waals surface area (Å²) < 4.78 is 12.8. The summed E-state index contributed by atoms with van der Waals surface area (Å²) >= 11 is 11.7. The number of aromatic nitrogens is 1. The Morgan fingerprint density at radius 1 is 1.12 bits per heavy atom. The monoisotopic (exact) mass is 267 g/mol. The second-order valence-corrected chi connectivity index (χ2v) is 4.26. The first-order valence-corrected chi connectivity index (χ1v) is 5.61. The molecular formula is C13H8Cl2FN. The standard InChI is InChI=1S/C13H8Cl2FN/c1-8(14)11-6-7-12(17-13(11)15)9-2-4-10(16)5-3-9/h2-7H,1H2. The van der Waals surface area contributed by atoms with Gasteiger partial charge in [-0.05, 0) is 36.4 Å². The van der Waals surface area contributed by atoms with Gasteiger partial charge in [-0.2, -0.15) is 0 Å². The van der Waals surface area contributed by atoms with E-state index in [0.717, 1.165) is 5.56 Å². The third-order valence-corrected chi connectivity index (χ3v) is 2.77. The quantitative estimate of drug-likeness (QED) is 0.716. The lowest BCUT2D eigenvalue weighted by Gasteiger charge is -2.05. The smallest absolute Gasteiger partial charge is 0.138 e. The van der Waals surface area contributed by atoms with Gasteiger partial charge in [-0.25, -0.2) is 9.37 Å². The maximum Gasteiger partial charge on any atom is 0.138 e. The van der Waals surface area contributed by atoms with Gasteiger partial charge in [0.15, 0.2) is 0 Å². The van der Waals surface area contributed by atoms with Gasteiger partial charge in [0.1, 0.15) is 11.0 Å². The number of halogens is 3. The van der Waals surface area contributed by atoms with Crippen LogP contribution in [0.1, 0.15) is 5.56 Å². The van der Waals surface area contributed by atoms with Crippen molar-refractivity contribution in [1.82, 2.24) is 4.98 Å². The molecule has 1 nitrogen and oxygen atoms in total. The summed E-state index contributed by atoms with van der Waals surface area (Å²) in [4.78, 5) is 4.19. The largest absolute Gasteiger partial charge is 0.235 e. The Balaban J connectivity index is 2.44. The lowest BCUT2D eigenvalue weighted by molar-refractivity contribution is 0.628. The van der Waals surface area contributed by atoms with Crippen molar-refractivity contribution < 1.29 is 4.39 Å². The molecule has 2 rings (SSSR count). The summed E-state index contributed by atoms with van der Waals surface area (Å²) in [5, 5.41) is 0.625. The molecule has 0 amide bonds. The Kier molecular flexibility index (Phi) is 3.46. The Morgan fingerprint density at radius 3 is 2.29 bits per heavy atom. The average Bonchev–Trinajstić information content (AvgIpc) is 2.29. The van der Waals surface area contributed by atoms with E-state index in [9.17, 15) is 4.39 Å². The minimum absolute atomic E-state index is 0.284. The van der Waals surface area contributed by atoms with Crippen molar-refractivity contribution in [1.29, 1.82) is 0 Å². The van der Waals surface area contributed by atoms with Gasteiger partial charge in [0.05, 0.1) is 5.69 Å². The molecule has 2 aromatic rings. The highest BCUT2D eigenvalue weighted by atomic mass is 35.5. The van der Waals surface area contributed by atoms with Crippen molar-refractivity contribution in [2.24, 2.45) is 0 Å². The molecule has 0 unspecified atom stereocenters. The first kappa shape index (κ1) is 12.1. The lowest BCUT2D eigenvalue weighted by atomic mass is 10.1. The zero-order valence-electron chi connectivity index (χ0n) is 8.75. The van der Waals surface area contributed by atoms with E-state index in [2.05, 4.69) is 11.6 Å². The van der Waals surface area contributed by atoms with Gasteiger partial charge in [-0.3, -0.25) is 0 Å². The highest BCUT2D eigenvalue weighted by molar-refractivity contribution is 6.50. The molecule has 0 N–H and O–H groups in total. The summed E-state index contributed by atoms with van der Waals surface area (Å²) in [6, 6.07) is 9.54. The van der Waals surface area contributed by atoms with E-state index in [1.54, 1.807) is 24.3 Å². The molecule has 17 heavy (non-hydrogen) atoms. The minimum Gasteiger partial charge on any atom is -0.235 e. The SMILES string of the molecule is C=C(Cl)c1ccc(-c2ccc(F)cc2)nc1Cl. The second-order valence-electron chi connectivity index (χ2n) is 3.45. The lowest BCUT2D eigenvalue weighted by Crippen LogP contribution is -1.88. The van der Waals surface area contributed by atoms with Crippen LogP contribution in [0.4, 0.5) is 4.39 Å². The highest BCUT2D eigenvalue weighted by Crippen LogP contribution is 2.27. The highest BCUT2D eigenvalue weighted by Gasteiger charge is 2.07. The van der Waals surface area contributed by atoms with Gasteiger partial charge in [0.2, 0.25) is 0 Å². The van der Waals surface area contributed by atoms with Gasteiger partial charge in [-0.15, -0.1) is 0 Å². The van der Waals surface area contributed by atoms with Gasteiger partial charge in [0.25, 0.3) is 0 Å². The van der Waals surface area contributed by atoms with Crippen LogP contribution in [0.15, 0.2) is 43.0 Å². The average molecular weight is 268 g/mol. The number of hydrogen-bond acceptors (Lipinski definition) is 1. The second kappa shape index (κ2) is 4.86. The maximum absolute atomic E-state index is 12.8. The number of benzene rings is 1. The molecule has 86 valence electrons. The molecule has 0 saturated heterocycles. The molecule has 4 heteroatoms. The summed E-state index contributed by atoms with van der Waals surface area (Å²) in [5.41, 5.74) is 2.05. The Morgan fingerprint density at radius 2 is 1.76 bits per heavy atom. The molecule has 1 heterocycles. The van der Waals surface area contributed by atoms with Crippen molar-refractivity contribution in [2.45, 2.75) is 0 Å². The summed E-state index contributed by atoms with van der Waals surface area (Å²) in [5.74, 6) is -0.286. The first-order valence-electron chi connectivity index (χ1n) is 4.85. The third kappa shape index (κ3) is 2.65. The summed E-state index contributed by atoms with van der Waals surface area (Å²) in [6.45, 7) is 3.59. The molecule has 0 fully saturated rings. The van der Waals surface area contributed by atoms with Crippen LogP contribution in [0.3, 0.4) is 0 Å². The van der Waals surface area contributed by atoms with Gasteiger partial charge < -0.3 is 0 Å². The number of pyridine rings is 1. The molecule has 0 saturated carbocycles. The fourth-order valence-corrected chi connectivity index (χ4v) is 1.89. The van der Waals surface area contributed by atoms with Crippen LogP contribution in [0, 0.1) is 5.82 Å². The molecule has 0 aliphatic heterocycles. The zero-order chi connectivity index (χ0) is 12.4. The molecule has 0 aliphatic rings. The molecule has 0 radical (unpaired) electrons. The van der Waals surface area contributed by atoms with Crippen LogP contribution in [0.5, 0.6) is 0 Å². The third-order valence-electron chi connectivity index (χ3n) is 2.28. The topological polar surface area (TPSA) is 12.9 Å². The van der Waals surface area contributed by atoms with Crippen LogP contribution in [-0.4, -0.2) is 4.98 Å². The first-order chi connectivity index (χ1) is 8.08. The molecule has 0 aliphatic carbocycles. The number of hydrogen-bond donors (Lipinski definition) is 0.